The summed E-state index contributed by atoms with van der Waals surface area (Å²) >= 11 is 9.43. The van der Waals surface area contributed by atoms with Crippen LogP contribution in [0.3, 0.4) is 0 Å². The number of fused-ring (bicyclic) bond motifs is 1. The highest BCUT2D eigenvalue weighted by molar-refractivity contribution is 9.10. The van der Waals surface area contributed by atoms with E-state index in [1.54, 1.807) is 16.7 Å². The Hall–Kier alpha value is -0.910. The van der Waals surface area contributed by atoms with Gasteiger partial charge < -0.3 is 5.32 Å². The highest BCUT2D eigenvalue weighted by Gasteiger charge is 2.23. The second-order valence-corrected chi connectivity index (χ2v) is 5.28. The van der Waals surface area contributed by atoms with Crippen molar-refractivity contribution in [1.82, 2.24) is 14.9 Å². The van der Waals surface area contributed by atoms with Crippen molar-refractivity contribution < 1.29 is 0 Å². The monoisotopic (exact) mass is 313 g/mol. The Morgan fingerprint density at radius 1 is 1.47 bits per heavy atom. The van der Waals surface area contributed by atoms with Crippen molar-refractivity contribution in [2.24, 2.45) is 0 Å². The maximum Gasteiger partial charge on any atom is 0.262 e. The van der Waals surface area contributed by atoms with Gasteiger partial charge in [-0.05, 0) is 29.8 Å². The van der Waals surface area contributed by atoms with Crippen LogP contribution in [-0.2, 0) is 0 Å². The van der Waals surface area contributed by atoms with Gasteiger partial charge in [-0.2, -0.15) is 0 Å². The summed E-state index contributed by atoms with van der Waals surface area (Å²) in [6.07, 6.45) is 0. The van der Waals surface area contributed by atoms with Crippen molar-refractivity contribution in [3.63, 3.8) is 0 Å². The first kappa shape index (κ1) is 11.2. The van der Waals surface area contributed by atoms with Crippen LogP contribution in [0.4, 0.5) is 0 Å². The second kappa shape index (κ2) is 4.08. The molecule has 0 bridgehead atoms. The topological polar surface area (TPSA) is 46.9 Å². The third kappa shape index (κ3) is 1.78. The number of hydrogen-bond donors (Lipinski definition) is 1. The minimum atomic E-state index is -0.0704. The van der Waals surface area contributed by atoms with Gasteiger partial charge in [0.25, 0.3) is 5.56 Å². The van der Waals surface area contributed by atoms with Gasteiger partial charge in [0.15, 0.2) is 0 Å². The van der Waals surface area contributed by atoms with Gasteiger partial charge in [-0.1, -0.05) is 15.9 Å². The van der Waals surface area contributed by atoms with E-state index >= 15 is 0 Å². The molecule has 0 radical (unpaired) electrons. The summed E-state index contributed by atoms with van der Waals surface area (Å²) < 4.78 is 2.45. The first-order valence-electron chi connectivity index (χ1n) is 5.25. The summed E-state index contributed by atoms with van der Waals surface area (Å²) in [5.41, 5.74) is 0.553. The van der Waals surface area contributed by atoms with Crippen LogP contribution < -0.4 is 10.9 Å². The largest absolute Gasteiger partial charge is 0.313 e. The summed E-state index contributed by atoms with van der Waals surface area (Å²) in [6.45, 7) is 1.53. The van der Waals surface area contributed by atoms with Crippen LogP contribution in [0, 0.1) is 0 Å². The molecule has 0 spiro atoms. The molecule has 1 saturated heterocycles. The van der Waals surface area contributed by atoms with E-state index in [1.807, 2.05) is 6.07 Å². The molecule has 0 saturated carbocycles. The molecule has 1 aliphatic heterocycles. The molecule has 1 aromatic carbocycles. The molecule has 4 nitrogen and oxygen atoms in total. The average Bonchev–Trinajstić information content (AvgIpc) is 2.20. The molecule has 6 heteroatoms. The van der Waals surface area contributed by atoms with Crippen LogP contribution in [0.25, 0.3) is 10.9 Å². The molecule has 0 aliphatic carbocycles. The fraction of sp³-hybridized carbons (Fsp3) is 0.273. The van der Waals surface area contributed by atoms with E-state index in [1.165, 1.54) is 0 Å². The first-order chi connectivity index (χ1) is 8.16. The number of aromatic nitrogens is 2. The predicted octanol–water partition coefficient (Wildman–Crippen LogP) is 1.96. The highest BCUT2D eigenvalue weighted by atomic mass is 79.9. The van der Waals surface area contributed by atoms with E-state index < -0.39 is 0 Å². The molecule has 1 fully saturated rings. The van der Waals surface area contributed by atoms with Crippen molar-refractivity contribution in [3.8, 4) is 0 Å². The number of benzene rings is 1. The van der Waals surface area contributed by atoms with Gasteiger partial charge in [0.2, 0.25) is 5.28 Å². The van der Waals surface area contributed by atoms with Gasteiger partial charge >= 0.3 is 0 Å². The maximum absolute atomic E-state index is 12.3. The van der Waals surface area contributed by atoms with E-state index in [2.05, 4.69) is 26.2 Å². The molecular formula is C11H9BrClN3O. The fourth-order valence-electron chi connectivity index (χ4n) is 1.92. The Morgan fingerprint density at radius 3 is 2.88 bits per heavy atom. The maximum atomic E-state index is 12.3. The Balaban J connectivity index is 2.31. The Morgan fingerprint density at radius 2 is 2.24 bits per heavy atom. The van der Waals surface area contributed by atoms with Crippen molar-refractivity contribution in [2.45, 2.75) is 6.04 Å². The fourth-order valence-corrected chi connectivity index (χ4v) is 2.57. The molecule has 0 unspecified atom stereocenters. The zero-order valence-electron chi connectivity index (χ0n) is 8.78. The zero-order chi connectivity index (χ0) is 12.0. The van der Waals surface area contributed by atoms with Crippen molar-refractivity contribution in [1.29, 1.82) is 0 Å². The third-order valence-corrected chi connectivity index (χ3v) is 3.71. The smallest absolute Gasteiger partial charge is 0.262 e. The molecular weight excluding hydrogens is 305 g/mol. The van der Waals surface area contributed by atoms with Gasteiger partial charge in [-0.25, -0.2) is 4.98 Å². The standard InChI is InChI=1S/C11H9BrClN3O/c12-6-1-2-8-9(3-6)15-11(13)16(10(8)17)7-4-14-5-7/h1-3,7,14H,4-5H2. The first-order valence-corrected chi connectivity index (χ1v) is 6.42. The van der Waals surface area contributed by atoms with Crippen molar-refractivity contribution in [2.75, 3.05) is 13.1 Å². The van der Waals surface area contributed by atoms with Gasteiger partial charge in [0.1, 0.15) is 0 Å². The molecule has 1 aromatic heterocycles. The van der Waals surface area contributed by atoms with E-state index in [4.69, 9.17) is 11.6 Å². The van der Waals surface area contributed by atoms with Gasteiger partial charge in [0, 0.05) is 17.6 Å². The molecule has 0 atom stereocenters. The molecule has 1 N–H and O–H groups in total. The predicted molar refractivity (Wildman–Crippen MR) is 70.6 cm³/mol. The summed E-state index contributed by atoms with van der Waals surface area (Å²) in [7, 11) is 0. The number of nitrogens with one attached hydrogen (secondary N) is 1. The Labute approximate surface area is 111 Å². The van der Waals surface area contributed by atoms with Crippen LogP contribution in [0.5, 0.6) is 0 Å². The van der Waals surface area contributed by atoms with E-state index in [-0.39, 0.29) is 16.9 Å². The lowest BCUT2D eigenvalue weighted by atomic mass is 10.1. The summed E-state index contributed by atoms with van der Waals surface area (Å²) in [5.74, 6) is 0. The van der Waals surface area contributed by atoms with Crippen molar-refractivity contribution >= 4 is 38.4 Å². The minimum Gasteiger partial charge on any atom is -0.313 e. The molecule has 2 aromatic rings. The van der Waals surface area contributed by atoms with Crippen LogP contribution in [0.2, 0.25) is 5.28 Å². The van der Waals surface area contributed by atoms with Gasteiger partial charge in [-0.15, -0.1) is 0 Å². The van der Waals surface area contributed by atoms with Crippen LogP contribution in [0.1, 0.15) is 6.04 Å². The lowest BCUT2D eigenvalue weighted by Gasteiger charge is -2.29. The molecule has 2 heterocycles. The normalized spacial score (nSPS) is 16.1. The van der Waals surface area contributed by atoms with Crippen LogP contribution in [-0.4, -0.2) is 22.6 Å². The molecule has 1 aliphatic rings. The Bertz CT molecular complexity index is 651. The van der Waals surface area contributed by atoms with E-state index in [9.17, 15) is 4.79 Å². The minimum absolute atomic E-state index is 0.0704. The number of rotatable bonds is 1. The third-order valence-electron chi connectivity index (χ3n) is 2.95. The van der Waals surface area contributed by atoms with E-state index in [0.717, 1.165) is 17.6 Å². The second-order valence-electron chi connectivity index (χ2n) is 4.03. The summed E-state index contributed by atoms with van der Waals surface area (Å²) in [6, 6.07) is 5.53. The molecule has 3 rings (SSSR count). The van der Waals surface area contributed by atoms with Gasteiger partial charge in [0.05, 0.1) is 16.9 Å². The summed E-state index contributed by atoms with van der Waals surface area (Å²) in [5, 5.41) is 3.98. The van der Waals surface area contributed by atoms with Crippen molar-refractivity contribution in [3.05, 3.63) is 38.3 Å². The highest BCUT2D eigenvalue weighted by Crippen LogP contribution is 2.20. The van der Waals surface area contributed by atoms with Crippen LogP contribution in [0.15, 0.2) is 27.5 Å². The van der Waals surface area contributed by atoms with Gasteiger partial charge in [-0.3, -0.25) is 9.36 Å². The SMILES string of the molecule is O=c1c2ccc(Br)cc2nc(Cl)n1C1CNC1. The van der Waals surface area contributed by atoms with Crippen LogP contribution >= 0.6 is 27.5 Å². The quantitative estimate of drug-likeness (QED) is 0.819. The lowest BCUT2D eigenvalue weighted by Crippen LogP contribution is -2.47. The Kier molecular flexibility index (Phi) is 2.69. The lowest BCUT2D eigenvalue weighted by molar-refractivity contribution is 0.335. The number of halogens is 2. The molecule has 88 valence electrons. The number of hydrogen-bond acceptors (Lipinski definition) is 3. The molecule has 0 amide bonds. The summed E-state index contributed by atoms with van der Waals surface area (Å²) in [4.78, 5) is 16.6. The number of nitrogens with zero attached hydrogens (tertiary/aromatic N) is 2. The average molecular weight is 315 g/mol. The zero-order valence-corrected chi connectivity index (χ0v) is 11.1. The van der Waals surface area contributed by atoms with E-state index in [0.29, 0.717) is 10.9 Å². The molecule has 17 heavy (non-hydrogen) atoms.